The van der Waals surface area contributed by atoms with E-state index in [0.717, 1.165) is 3.57 Å². The number of hydrogen-bond donors (Lipinski definition) is 2. The predicted octanol–water partition coefficient (Wildman–Crippen LogP) is 0.683. The van der Waals surface area contributed by atoms with Gasteiger partial charge in [-0.2, -0.15) is 5.10 Å². The number of carbonyl (C=O) groups is 1. The third-order valence-electron chi connectivity index (χ3n) is 2.43. The van der Waals surface area contributed by atoms with Crippen molar-refractivity contribution < 1.29 is 9.90 Å². The van der Waals surface area contributed by atoms with Crippen LogP contribution in [0.2, 0.25) is 0 Å². The molecule has 1 aliphatic rings. The van der Waals surface area contributed by atoms with Gasteiger partial charge in [0.1, 0.15) is 0 Å². The fourth-order valence-electron chi connectivity index (χ4n) is 1.62. The Bertz CT molecular complexity index is 365. The van der Waals surface area contributed by atoms with Gasteiger partial charge in [0.25, 0.3) is 0 Å². The molecule has 1 aromatic rings. The summed E-state index contributed by atoms with van der Waals surface area (Å²) in [6.45, 7) is 1.36. The molecule has 0 aromatic carbocycles. The van der Waals surface area contributed by atoms with Crippen molar-refractivity contribution in [2.24, 2.45) is 0 Å². The quantitative estimate of drug-likeness (QED) is 0.792. The first kappa shape index (κ1) is 12.7. The molecule has 0 unspecified atom stereocenters. The zero-order valence-corrected chi connectivity index (χ0v) is 10.8. The van der Waals surface area contributed by atoms with Crippen molar-refractivity contribution in [1.29, 1.82) is 0 Å². The summed E-state index contributed by atoms with van der Waals surface area (Å²) in [6.07, 6.45) is 3.74. The van der Waals surface area contributed by atoms with Crippen molar-refractivity contribution in [3.05, 3.63) is 16.0 Å². The Morgan fingerprint density at radius 3 is 2.73 bits per heavy atom. The lowest BCUT2D eigenvalue weighted by molar-refractivity contribution is -0.140. The van der Waals surface area contributed by atoms with Crippen molar-refractivity contribution in [2.45, 2.75) is 12.0 Å². The smallest absolute Gasteiger partial charge is 0.305 e. The third-order valence-corrected chi connectivity index (χ3v) is 2.98. The molecule has 7 heteroatoms. The Labute approximate surface area is 107 Å². The molecule has 15 heavy (non-hydrogen) atoms. The maximum absolute atomic E-state index is 10.7. The average Bonchev–Trinajstić information content (AvgIpc) is 2.44. The number of hydrogen-bond acceptors (Lipinski definition) is 3. The first-order valence-corrected chi connectivity index (χ1v) is 5.33. The maximum Gasteiger partial charge on any atom is 0.305 e. The Hall–Kier alpha value is -0.340. The van der Waals surface area contributed by atoms with Crippen LogP contribution >= 0.6 is 35.0 Å². The standard InChI is InChI=1S/C8H10IN3O2.ClH/c9-6-2-11-12(3-6)8(1-7(13)14)4-10-5-8;/h2-3,10H,1,4-5H2,(H,13,14);1H. The van der Waals surface area contributed by atoms with Crippen LogP contribution in [-0.2, 0) is 10.3 Å². The number of carboxylic acids is 1. The molecule has 1 aliphatic heterocycles. The van der Waals surface area contributed by atoms with E-state index in [4.69, 9.17) is 5.11 Å². The van der Waals surface area contributed by atoms with Crippen LogP contribution in [0.1, 0.15) is 6.42 Å². The van der Waals surface area contributed by atoms with Crippen LogP contribution < -0.4 is 5.32 Å². The molecule has 1 saturated heterocycles. The molecule has 0 radical (unpaired) electrons. The average molecular weight is 344 g/mol. The van der Waals surface area contributed by atoms with E-state index in [9.17, 15) is 4.79 Å². The minimum absolute atomic E-state index is 0. The third kappa shape index (κ3) is 2.43. The van der Waals surface area contributed by atoms with Gasteiger partial charge in [0.05, 0.1) is 21.7 Å². The van der Waals surface area contributed by atoms with Crippen molar-refractivity contribution in [2.75, 3.05) is 13.1 Å². The monoisotopic (exact) mass is 343 g/mol. The van der Waals surface area contributed by atoms with Gasteiger partial charge in [-0.25, -0.2) is 0 Å². The second-order valence-corrected chi connectivity index (χ2v) is 4.75. The largest absolute Gasteiger partial charge is 0.481 e. The molecular weight excluding hydrogens is 332 g/mol. The van der Waals surface area contributed by atoms with Gasteiger partial charge in [-0.15, -0.1) is 12.4 Å². The Balaban J connectivity index is 0.00000112. The summed E-state index contributed by atoms with van der Waals surface area (Å²) < 4.78 is 2.79. The molecule has 2 rings (SSSR count). The number of halogens is 2. The second kappa shape index (κ2) is 4.67. The summed E-state index contributed by atoms with van der Waals surface area (Å²) in [6, 6.07) is 0. The van der Waals surface area contributed by atoms with Gasteiger partial charge in [0, 0.05) is 19.3 Å². The van der Waals surface area contributed by atoms with E-state index in [1.807, 2.05) is 6.20 Å². The van der Waals surface area contributed by atoms with Gasteiger partial charge in [-0.3, -0.25) is 9.48 Å². The zero-order chi connectivity index (χ0) is 10.2. The number of aromatic nitrogens is 2. The van der Waals surface area contributed by atoms with Crippen molar-refractivity contribution >= 4 is 41.0 Å². The maximum atomic E-state index is 10.7. The highest BCUT2D eigenvalue weighted by atomic mass is 127. The van der Waals surface area contributed by atoms with E-state index >= 15 is 0 Å². The van der Waals surface area contributed by atoms with Gasteiger partial charge in [-0.1, -0.05) is 0 Å². The fraction of sp³-hybridized carbons (Fsp3) is 0.500. The number of carboxylic acid groups (broad SMARTS) is 1. The van der Waals surface area contributed by atoms with Crippen LogP contribution in [0.25, 0.3) is 0 Å². The summed E-state index contributed by atoms with van der Waals surface area (Å²) in [4.78, 5) is 10.7. The topological polar surface area (TPSA) is 67.1 Å². The molecule has 0 aliphatic carbocycles. The molecule has 2 heterocycles. The normalized spacial score (nSPS) is 17.7. The molecule has 0 saturated carbocycles. The van der Waals surface area contributed by atoms with Crippen LogP contribution in [0.5, 0.6) is 0 Å². The Kier molecular flexibility index (Phi) is 3.96. The number of nitrogens with zero attached hydrogens (tertiary/aromatic N) is 2. The second-order valence-electron chi connectivity index (χ2n) is 3.50. The van der Waals surface area contributed by atoms with Gasteiger partial charge in [0.2, 0.25) is 0 Å². The fourth-order valence-corrected chi connectivity index (χ4v) is 2.01. The van der Waals surface area contributed by atoms with Crippen molar-refractivity contribution in [1.82, 2.24) is 15.1 Å². The molecule has 0 atom stereocenters. The van der Waals surface area contributed by atoms with E-state index in [1.165, 1.54) is 0 Å². The number of rotatable bonds is 3. The Morgan fingerprint density at radius 1 is 1.73 bits per heavy atom. The molecular formula is C8H11ClIN3O2. The van der Waals surface area contributed by atoms with E-state index in [1.54, 1.807) is 10.9 Å². The van der Waals surface area contributed by atoms with Gasteiger partial charge < -0.3 is 10.4 Å². The van der Waals surface area contributed by atoms with Crippen LogP contribution in [-0.4, -0.2) is 33.9 Å². The van der Waals surface area contributed by atoms with Gasteiger partial charge in [0.15, 0.2) is 0 Å². The van der Waals surface area contributed by atoms with E-state index in [0.29, 0.717) is 13.1 Å². The zero-order valence-electron chi connectivity index (χ0n) is 7.81. The SMILES string of the molecule is Cl.O=C(O)CC1(n2cc(I)cn2)CNC1. The van der Waals surface area contributed by atoms with E-state index in [-0.39, 0.29) is 24.4 Å². The summed E-state index contributed by atoms with van der Waals surface area (Å²) in [5, 5.41) is 16.1. The van der Waals surface area contributed by atoms with Gasteiger partial charge in [-0.05, 0) is 22.6 Å². The molecule has 0 spiro atoms. The molecule has 5 nitrogen and oxygen atoms in total. The lowest BCUT2D eigenvalue weighted by atomic mass is 9.89. The minimum Gasteiger partial charge on any atom is -0.481 e. The molecule has 84 valence electrons. The summed E-state index contributed by atoms with van der Waals surface area (Å²) in [5.74, 6) is -0.781. The summed E-state index contributed by atoms with van der Waals surface area (Å²) in [5.41, 5.74) is -0.352. The molecule has 0 amide bonds. The first-order chi connectivity index (χ1) is 6.62. The minimum atomic E-state index is -0.781. The van der Waals surface area contributed by atoms with Gasteiger partial charge >= 0.3 is 5.97 Å². The molecule has 2 N–H and O–H groups in total. The highest BCUT2D eigenvalue weighted by Gasteiger charge is 2.41. The van der Waals surface area contributed by atoms with E-state index < -0.39 is 5.97 Å². The lowest BCUT2D eigenvalue weighted by Crippen LogP contribution is -2.61. The van der Waals surface area contributed by atoms with Crippen LogP contribution in [0.3, 0.4) is 0 Å². The lowest BCUT2D eigenvalue weighted by Gasteiger charge is -2.41. The molecule has 0 bridgehead atoms. The molecule has 1 fully saturated rings. The Morgan fingerprint density at radius 2 is 2.40 bits per heavy atom. The summed E-state index contributed by atoms with van der Waals surface area (Å²) >= 11 is 2.16. The van der Waals surface area contributed by atoms with Crippen molar-refractivity contribution in [3.63, 3.8) is 0 Å². The highest BCUT2D eigenvalue weighted by molar-refractivity contribution is 14.1. The van der Waals surface area contributed by atoms with Crippen LogP contribution in [0.15, 0.2) is 12.4 Å². The van der Waals surface area contributed by atoms with Crippen LogP contribution in [0, 0.1) is 3.57 Å². The summed E-state index contributed by atoms with van der Waals surface area (Å²) in [7, 11) is 0. The predicted molar refractivity (Wildman–Crippen MR) is 65.3 cm³/mol. The van der Waals surface area contributed by atoms with E-state index in [2.05, 4.69) is 33.0 Å². The highest BCUT2D eigenvalue weighted by Crippen LogP contribution is 2.25. The first-order valence-electron chi connectivity index (χ1n) is 4.26. The number of nitrogens with one attached hydrogen (secondary N) is 1. The van der Waals surface area contributed by atoms with Crippen molar-refractivity contribution in [3.8, 4) is 0 Å². The molecule has 1 aromatic heterocycles. The van der Waals surface area contributed by atoms with Crippen LogP contribution in [0.4, 0.5) is 0 Å². The number of aliphatic carboxylic acids is 1.